The molecule has 1 heterocycles. The lowest BCUT2D eigenvalue weighted by Gasteiger charge is -2.07. The normalized spacial score (nSPS) is 10.3. The maximum absolute atomic E-state index is 9.12. The van der Waals surface area contributed by atoms with E-state index in [0.717, 1.165) is 31.6 Å². The van der Waals surface area contributed by atoms with Gasteiger partial charge in [-0.25, -0.2) is 0 Å². The zero-order valence-corrected chi connectivity index (χ0v) is 12.6. The van der Waals surface area contributed by atoms with Crippen LogP contribution in [0.4, 0.5) is 0 Å². The van der Waals surface area contributed by atoms with Crippen LogP contribution in [-0.2, 0) is 13.1 Å². The van der Waals surface area contributed by atoms with E-state index in [9.17, 15) is 0 Å². The molecule has 0 radical (unpaired) electrons. The summed E-state index contributed by atoms with van der Waals surface area (Å²) in [4.78, 5) is 0. The fourth-order valence-electron chi connectivity index (χ4n) is 2.25. The van der Waals surface area contributed by atoms with Crippen molar-refractivity contribution in [3.8, 4) is 11.8 Å². The molecule has 2 rings (SSSR count). The second-order valence-electron chi connectivity index (χ2n) is 5.02. The van der Waals surface area contributed by atoms with E-state index in [1.165, 1.54) is 5.56 Å². The Morgan fingerprint density at radius 1 is 1.29 bits per heavy atom. The summed E-state index contributed by atoms with van der Waals surface area (Å²) in [5, 5.41) is 12.5. The lowest BCUT2D eigenvalue weighted by atomic mass is 10.1. The van der Waals surface area contributed by atoms with Crippen LogP contribution < -0.4 is 10.1 Å². The number of nitrogens with one attached hydrogen (secondary N) is 1. The van der Waals surface area contributed by atoms with Crippen LogP contribution in [0.1, 0.15) is 30.0 Å². The first kappa shape index (κ1) is 15.1. The van der Waals surface area contributed by atoms with Gasteiger partial charge in [0.05, 0.1) is 12.7 Å². The molecule has 0 unspecified atom stereocenters. The van der Waals surface area contributed by atoms with Gasteiger partial charge in [0.25, 0.3) is 0 Å². The van der Waals surface area contributed by atoms with Crippen LogP contribution in [0.3, 0.4) is 0 Å². The summed E-state index contributed by atoms with van der Waals surface area (Å²) in [6, 6.07) is 10.0. The molecule has 0 saturated heterocycles. The minimum absolute atomic E-state index is 0.576. The number of aromatic nitrogens is 1. The van der Waals surface area contributed by atoms with E-state index in [1.807, 2.05) is 18.2 Å². The first-order valence-electron chi connectivity index (χ1n) is 7.19. The monoisotopic (exact) mass is 283 g/mol. The van der Waals surface area contributed by atoms with Gasteiger partial charge in [0.1, 0.15) is 11.8 Å². The first-order chi connectivity index (χ1) is 10.3. The predicted molar refractivity (Wildman–Crippen MR) is 83.2 cm³/mol. The van der Waals surface area contributed by atoms with Gasteiger partial charge in [0.2, 0.25) is 0 Å². The topological polar surface area (TPSA) is 50.0 Å². The van der Waals surface area contributed by atoms with Crippen LogP contribution in [0.5, 0.6) is 5.75 Å². The Morgan fingerprint density at radius 3 is 2.86 bits per heavy atom. The fourth-order valence-corrected chi connectivity index (χ4v) is 2.25. The van der Waals surface area contributed by atoms with Crippen molar-refractivity contribution in [2.45, 2.75) is 26.4 Å². The molecule has 0 bridgehead atoms. The highest BCUT2D eigenvalue weighted by Gasteiger charge is 2.04. The van der Waals surface area contributed by atoms with Gasteiger partial charge >= 0.3 is 0 Å². The summed E-state index contributed by atoms with van der Waals surface area (Å²) < 4.78 is 7.29. The van der Waals surface area contributed by atoms with E-state index in [1.54, 1.807) is 7.11 Å². The second-order valence-corrected chi connectivity index (χ2v) is 5.02. The maximum atomic E-state index is 9.12. The van der Waals surface area contributed by atoms with Crippen molar-refractivity contribution < 1.29 is 4.74 Å². The molecular formula is C17H21N3O. The molecule has 0 spiro atoms. The third kappa shape index (κ3) is 4.11. The molecule has 21 heavy (non-hydrogen) atoms. The molecule has 0 aliphatic heterocycles. The van der Waals surface area contributed by atoms with Crippen LogP contribution in [-0.4, -0.2) is 18.2 Å². The van der Waals surface area contributed by atoms with Crippen molar-refractivity contribution in [3.63, 3.8) is 0 Å². The molecule has 1 aromatic carbocycles. The zero-order chi connectivity index (χ0) is 15.1. The summed E-state index contributed by atoms with van der Waals surface area (Å²) >= 11 is 0. The highest BCUT2D eigenvalue weighted by Crippen LogP contribution is 2.19. The van der Waals surface area contributed by atoms with Crippen molar-refractivity contribution in [1.82, 2.24) is 9.88 Å². The molecule has 0 saturated carbocycles. The third-order valence-electron chi connectivity index (χ3n) is 3.32. The Balaban J connectivity index is 2.03. The molecule has 110 valence electrons. The molecule has 4 nitrogen and oxygen atoms in total. The van der Waals surface area contributed by atoms with E-state index in [-0.39, 0.29) is 0 Å². The molecule has 0 atom stereocenters. The molecule has 4 heteroatoms. The quantitative estimate of drug-likeness (QED) is 0.795. The minimum atomic E-state index is 0.576. The van der Waals surface area contributed by atoms with Crippen LogP contribution in [0.2, 0.25) is 0 Å². The molecule has 1 N–H and O–H groups in total. The molecular weight excluding hydrogens is 262 g/mol. The van der Waals surface area contributed by atoms with Gasteiger partial charge in [-0.1, -0.05) is 13.0 Å². The molecule has 0 amide bonds. The summed E-state index contributed by atoms with van der Waals surface area (Å²) in [7, 11) is 1.58. The van der Waals surface area contributed by atoms with Crippen LogP contribution in [0.15, 0.2) is 36.7 Å². The molecule has 1 aromatic heterocycles. The van der Waals surface area contributed by atoms with Crippen LogP contribution in [0, 0.1) is 11.3 Å². The Labute approximate surface area is 126 Å². The Morgan fingerprint density at radius 2 is 2.14 bits per heavy atom. The van der Waals surface area contributed by atoms with Crippen LogP contribution >= 0.6 is 0 Å². The number of nitrogens with zero attached hydrogens (tertiary/aromatic N) is 2. The lowest BCUT2D eigenvalue weighted by molar-refractivity contribution is 0.413. The Hall–Kier alpha value is -2.25. The van der Waals surface area contributed by atoms with Gasteiger partial charge in [0.15, 0.2) is 0 Å². The van der Waals surface area contributed by atoms with Crippen molar-refractivity contribution in [2.24, 2.45) is 0 Å². The highest BCUT2D eigenvalue weighted by molar-refractivity contribution is 5.45. The van der Waals surface area contributed by atoms with E-state index < -0.39 is 0 Å². The second kappa shape index (κ2) is 7.51. The predicted octanol–water partition coefficient (Wildman–Crippen LogP) is 2.92. The van der Waals surface area contributed by atoms with Gasteiger partial charge in [0, 0.05) is 25.5 Å². The van der Waals surface area contributed by atoms with Crippen molar-refractivity contribution in [2.75, 3.05) is 13.7 Å². The lowest BCUT2D eigenvalue weighted by Crippen LogP contribution is -2.13. The zero-order valence-electron chi connectivity index (χ0n) is 12.6. The molecule has 0 aliphatic carbocycles. The number of ether oxygens (including phenoxy) is 1. The Bertz CT molecular complexity index is 625. The minimum Gasteiger partial charge on any atom is -0.495 e. The van der Waals surface area contributed by atoms with Gasteiger partial charge in [-0.15, -0.1) is 0 Å². The van der Waals surface area contributed by atoms with Crippen LogP contribution in [0.25, 0.3) is 0 Å². The third-order valence-corrected chi connectivity index (χ3v) is 3.32. The van der Waals surface area contributed by atoms with E-state index >= 15 is 0 Å². The SMILES string of the molecule is CCCNCc1ccn(Cc2ccc(OC)c(C#N)c2)c1. The number of hydrogen-bond donors (Lipinski definition) is 1. The molecule has 0 aliphatic rings. The number of rotatable bonds is 7. The Kier molecular flexibility index (Phi) is 5.42. The largest absolute Gasteiger partial charge is 0.495 e. The number of nitriles is 1. The molecule has 2 aromatic rings. The summed E-state index contributed by atoms with van der Waals surface area (Å²) in [5.41, 5.74) is 2.94. The van der Waals surface area contributed by atoms with E-state index in [4.69, 9.17) is 10.00 Å². The fraction of sp³-hybridized carbons (Fsp3) is 0.353. The van der Waals surface area contributed by atoms with Crippen molar-refractivity contribution in [1.29, 1.82) is 5.26 Å². The molecule has 0 fully saturated rings. The summed E-state index contributed by atoms with van der Waals surface area (Å²) in [6.45, 7) is 4.85. The van der Waals surface area contributed by atoms with Gasteiger partial charge in [-0.3, -0.25) is 0 Å². The standard InChI is InChI=1S/C17H21N3O/c1-3-7-19-11-15-6-8-20(13-15)12-14-4-5-17(21-2)16(9-14)10-18/h4-6,8-9,13,19H,3,7,11-12H2,1-2H3. The smallest absolute Gasteiger partial charge is 0.136 e. The average molecular weight is 283 g/mol. The van der Waals surface area contributed by atoms with E-state index in [0.29, 0.717) is 11.3 Å². The van der Waals surface area contributed by atoms with Gasteiger partial charge < -0.3 is 14.6 Å². The van der Waals surface area contributed by atoms with Crippen molar-refractivity contribution >= 4 is 0 Å². The maximum Gasteiger partial charge on any atom is 0.136 e. The number of hydrogen-bond acceptors (Lipinski definition) is 3. The summed E-state index contributed by atoms with van der Waals surface area (Å²) in [6.07, 6.45) is 5.35. The first-order valence-corrected chi connectivity index (χ1v) is 7.19. The van der Waals surface area contributed by atoms with Gasteiger partial charge in [-0.2, -0.15) is 5.26 Å². The summed E-state index contributed by atoms with van der Waals surface area (Å²) in [5.74, 6) is 0.623. The number of benzene rings is 1. The van der Waals surface area contributed by atoms with Crippen molar-refractivity contribution in [3.05, 3.63) is 53.3 Å². The van der Waals surface area contributed by atoms with E-state index in [2.05, 4.69) is 41.3 Å². The number of methoxy groups -OCH3 is 1. The van der Waals surface area contributed by atoms with Gasteiger partial charge in [-0.05, 0) is 42.3 Å². The highest BCUT2D eigenvalue weighted by atomic mass is 16.5. The average Bonchev–Trinajstić information content (AvgIpc) is 2.95.